The Kier molecular flexibility index (Phi) is 6.64. The number of amides is 1. The first-order valence-corrected chi connectivity index (χ1v) is 13.1. The van der Waals surface area contributed by atoms with E-state index in [0.717, 1.165) is 19.0 Å². The Labute approximate surface area is 201 Å². The van der Waals surface area contributed by atoms with Crippen molar-refractivity contribution in [2.24, 2.45) is 5.92 Å². The number of carbonyl (C=O) groups excluding carboxylic acids is 1. The maximum Gasteiger partial charge on any atom is 0.264 e. The van der Waals surface area contributed by atoms with Crippen LogP contribution in [-0.2, 0) is 10.0 Å². The fourth-order valence-corrected chi connectivity index (χ4v) is 5.82. The summed E-state index contributed by atoms with van der Waals surface area (Å²) in [6.07, 6.45) is 5.36. The van der Waals surface area contributed by atoms with E-state index in [-0.39, 0.29) is 21.7 Å². The third-order valence-corrected chi connectivity index (χ3v) is 8.39. The molecule has 1 N–H and O–H groups in total. The molecular formula is C26H32N4O3S. The third-order valence-electron chi connectivity index (χ3n) is 6.94. The van der Waals surface area contributed by atoms with Gasteiger partial charge < -0.3 is 4.90 Å². The molecule has 0 spiro atoms. The highest BCUT2D eigenvalue weighted by Crippen LogP contribution is 2.43. The molecule has 2 heterocycles. The van der Waals surface area contributed by atoms with E-state index in [2.05, 4.69) is 41.6 Å². The van der Waals surface area contributed by atoms with Gasteiger partial charge in [-0.2, -0.15) is 0 Å². The molecular weight excluding hydrogens is 448 g/mol. The van der Waals surface area contributed by atoms with Crippen LogP contribution in [0, 0.1) is 5.92 Å². The molecule has 1 aromatic carbocycles. The normalized spacial score (nSPS) is 18.4. The first kappa shape index (κ1) is 24.2. The van der Waals surface area contributed by atoms with Crippen molar-refractivity contribution >= 4 is 33.1 Å². The predicted octanol–water partition coefficient (Wildman–Crippen LogP) is 2.17. The van der Waals surface area contributed by atoms with Gasteiger partial charge >= 0.3 is 0 Å². The van der Waals surface area contributed by atoms with Crippen LogP contribution in [0.1, 0.15) is 37.0 Å². The van der Waals surface area contributed by atoms with Crippen molar-refractivity contribution in [3.8, 4) is 0 Å². The average molecular weight is 481 g/mol. The van der Waals surface area contributed by atoms with Crippen molar-refractivity contribution in [2.45, 2.75) is 32.2 Å². The molecule has 7 nitrogen and oxygen atoms in total. The molecule has 34 heavy (non-hydrogen) atoms. The second kappa shape index (κ2) is 9.35. The Morgan fingerprint density at radius 3 is 2.32 bits per heavy atom. The molecule has 1 aliphatic carbocycles. The van der Waals surface area contributed by atoms with E-state index in [0.29, 0.717) is 29.6 Å². The third kappa shape index (κ3) is 4.93. The summed E-state index contributed by atoms with van der Waals surface area (Å²) < 4.78 is 28.4. The molecule has 4 rings (SSSR count). The second-order valence-electron chi connectivity index (χ2n) is 9.47. The van der Waals surface area contributed by atoms with Crippen LogP contribution >= 0.6 is 0 Å². The zero-order chi connectivity index (χ0) is 24.5. The summed E-state index contributed by atoms with van der Waals surface area (Å²) in [6.45, 7) is 15.2. The highest BCUT2D eigenvalue weighted by atomic mass is 32.2. The van der Waals surface area contributed by atoms with E-state index >= 15 is 0 Å². The SMILES string of the molecule is C=C/C(=c1/ncccc1=C)S(=O)(=O)Nc1ccc(C(=O)N2CCN(C(C)(C)C3CC3)CC2)cc1. The van der Waals surface area contributed by atoms with Gasteiger partial charge in [0.05, 0.1) is 5.35 Å². The summed E-state index contributed by atoms with van der Waals surface area (Å²) in [5.41, 5.74) is 1.09. The van der Waals surface area contributed by atoms with Crippen molar-refractivity contribution in [2.75, 3.05) is 30.9 Å². The summed E-state index contributed by atoms with van der Waals surface area (Å²) in [7, 11) is -3.93. The zero-order valence-corrected chi connectivity index (χ0v) is 20.6. The molecule has 8 heteroatoms. The molecule has 0 atom stereocenters. The fourth-order valence-electron chi connectivity index (χ4n) is 4.60. The molecule has 1 amide bonds. The fraction of sp³-hybridized carbons (Fsp3) is 0.385. The number of benzene rings is 1. The number of rotatable bonds is 7. The van der Waals surface area contributed by atoms with Gasteiger partial charge in [0.25, 0.3) is 15.9 Å². The Bertz CT molecular complexity index is 1290. The summed E-state index contributed by atoms with van der Waals surface area (Å²) in [5, 5.41) is 0.741. The standard InChI is InChI=1S/C26H32N4O3S/c1-5-23(24-19(2)7-6-14-27-24)34(32,33)28-22-12-8-20(9-13-22)25(31)29-15-17-30(18-16-29)26(3,4)21-10-11-21/h5-9,12-14,21,28H,1-2,10-11,15-18H2,3-4H3/b24-23-. The number of hydrogen-bond donors (Lipinski definition) is 1. The van der Waals surface area contributed by atoms with Crippen molar-refractivity contribution in [1.29, 1.82) is 0 Å². The van der Waals surface area contributed by atoms with Crippen LogP contribution in [0.15, 0.2) is 55.3 Å². The van der Waals surface area contributed by atoms with Gasteiger partial charge in [0.15, 0.2) is 0 Å². The van der Waals surface area contributed by atoms with Crippen LogP contribution in [0.4, 0.5) is 5.69 Å². The van der Waals surface area contributed by atoms with Crippen molar-refractivity contribution in [3.05, 3.63) is 71.4 Å². The van der Waals surface area contributed by atoms with Gasteiger partial charge in [-0.1, -0.05) is 19.2 Å². The summed E-state index contributed by atoms with van der Waals surface area (Å²) in [4.78, 5) is 21.5. The molecule has 1 saturated heterocycles. The molecule has 0 unspecified atom stereocenters. The van der Waals surface area contributed by atoms with E-state index in [1.165, 1.54) is 25.1 Å². The predicted molar refractivity (Wildman–Crippen MR) is 136 cm³/mol. The van der Waals surface area contributed by atoms with E-state index in [1.54, 1.807) is 36.4 Å². The van der Waals surface area contributed by atoms with Gasteiger partial charge in [-0.3, -0.25) is 19.4 Å². The van der Waals surface area contributed by atoms with Crippen LogP contribution in [0.3, 0.4) is 0 Å². The maximum absolute atomic E-state index is 13.0. The van der Waals surface area contributed by atoms with Crippen LogP contribution in [0.2, 0.25) is 0 Å². The lowest BCUT2D eigenvalue weighted by Gasteiger charge is -2.44. The van der Waals surface area contributed by atoms with Crippen LogP contribution in [-0.4, -0.2) is 60.8 Å². The molecule has 0 bridgehead atoms. The van der Waals surface area contributed by atoms with E-state index in [9.17, 15) is 13.2 Å². The van der Waals surface area contributed by atoms with Gasteiger partial charge in [0.1, 0.15) is 4.91 Å². The topological polar surface area (TPSA) is 82.6 Å². The number of sulfonamides is 1. The lowest BCUT2D eigenvalue weighted by atomic mass is 9.95. The first-order valence-electron chi connectivity index (χ1n) is 11.6. The molecule has 2 aliphatic rings. The molecule has 0 radical (unpaired) electrons. The summed E-state index contributed by atoms with van der Waals surface area (Å²) in [6, 6.07) is 9.89. The van der Waals surface area contributed by atoms with Crippen molar-refractivity contribution in [3.63, 3.8) is 0 Å². The Morgan fingerprint density at radius 1 is 1.12 bits per heavy atom. The number of carbonyl (C=O) groups is 1. The molecule has 1 aliphatic heterocycles. The molecule has 1 saturated carbocycles. The Morgan fingerprint density at radius 2 is 1.76 bits per heavy atom. The van der Waals surface area contributed by atoms with Gasteiger partial charge in [-0.15, -0.1) is 0 Å². The van der Waals surface area contributed by atoms with Crippen LogP contribution in [0.5, 0.6) is 0 Å². The highest BCUT2D eigenvalue weighted by Gasteiger charge is 2.43. The number of piperazine rings is 1. The monoisotopic (exact) mass is 480 g/mol. The van der Waals surface area contributed by atoms with Gasteiger partial charge in [0.2, 0.25) is 0 Å². The number of nitrogens with zero attached hydrogens (tertiary/aromatic N) is 3. The number of anilines is 1. The minimum absolute atomic E-state index is 0.0354. The van der Waals surface area contributed by atoms with E-state index in [4.69, 9.17) is 0 Å². The molecule has 180 valence electrons. The lowest BCUT2D eigenvalue weighted by molar-refractivity contribution is 0.0328. The van der Waals surface area contributed by atoms with Crippen LogP contribution < -0.4 is 15.3 Å². The number of aromatic nitrogens is 1. The minimum atomic E-state index is -3.93. The maximum atomic E-state index is 13.0. The van der Waals surface area contributed by atoms with Gasteiger partial charge in [-0.05, 0) is 74.2 Å². The van der Waals surface area contributed by atoms with E-state index in [1.807, 2.05) is 4.90 Å². The number of nitrogens with one attached hydrogen (secondary N) is 1. The van der Waals surface area contributed by atoms with Gasteiger partial charge in [-0.25, -0.2) is 8.42 Å². The molecule has 1 aromatic heterocycles. The number of hydrogen-bond acceptors (Lipinski definition) is 5. The van der Waals surface area contributed by atoms with E-state index < -0.39 is 10.0 Å². The number of pyridine rings is 1. The Balaban J connectivity index is 1.44. The van der Waals surface area contributed by atoms with Gasteiger partial charge in [0, 0.05) is 49.2 Å². The minimum Gasteiger partial charge on any atom is -0.336 e. The lowest BCUT2D eigenvalue weighted by Crippen LogP contribution is -2.56. The molecule has 2 aromatic rings. The second-order valence-corrected chi connectivity index (χ2v) is 11.1. The van der Waals surface area contributed by atoms with Crippen molar-refractivity contribution in [1.82, 2.24) is 14.8 Å². The zero-order valence-electron chi connectivity index (χ0n) is 19.8. The van der Waals surface area contributed by atoms with Crippen LogP contribution in [0.25, 0.3) is 11.5 Å². The smallest absolute Gasteiger partial charge is 0.264 e. The first-order chi connectivity index (χ1) is 16.1. The van der Waals surface area contributed by atoms with Crippen molar-refractivity contribution < 1.29 is 13.2 Å². The Hall–Kier alpha value is -2.97. The quantitative estimate of drug-likeness (QED) is 0.657. The summed E-state index contributed by atoms with van der Waals surface area (Å²) in [5.74, 6) is 0.731. The summed E-state index contributed by atoms with van der Waals surface area (Å²) >= 11 is 0. The average Bonchev–Trinajstić information content (AvgIpc) is 3.67. The molecule has 2 fully saturated rings. The highest BCUT2D eigenvalue weighted by molar-refractivity contribution is 8.01. The largest absolute Gasteiger partial charge is 0.336 e.